The van der Waals surface area contributed by atoms with Gasteiger partial charge in [0, 0.05) is 13.1 Å². The molecule has 7 nitrogen and oxygen atoms in total. The van der Waals surface area contributed by atoms with Crippen LogP contribution in [0.25, 0.3) is 0 Å². The number of hydrogen-bond acceptors (Lipinski definition) is 5. The van der Waals surface area contributed by atoms with Gasteiger partial charge in [0.1, 0.15) is 5.82 Å². The number of rotatable bonds is 2. The highest BCUT2D eigenvalue weighted by molar-refractivity contribution is 7.91. The van der Waals surface area contributed by atoms with Crippen LogP contribution in [0.5, 0.6) is 0 Å². The molecule has 0 saturated carbocycles. The van der Waals surface area contributed by atoms with Crippen molar-refractivity contribution in [1.29, 1.82) is 0 Å². The van der Waals surface area contributed by atoms with E-state index in [1.807, 2.05) is 0 Å². The third-order valence-electron chi connectivity index (χ3n) is 2.86. The Balaban J connectivity index is 2.11. The molecule has 8 heteroatoms. The number of H-pyrrole nitrogens is 1. The van der Waals surface area contributed by atoms with Gasteiger partial charge in [-0.15, -0.1) is 5.10 Å². The van der Waals surface area contributed by atoms with Crippen LogP contribution in [-0.4, -0.2) is 59.0 Å². The van der Waals surface area contributed by atoms with E-state index < -0.39 is 9.84 Å². The fourth-order valence-electron chi connectivity index (χ4n) is 1.84. The highest BCUT2D eigenvalue weighted by Crippen LogP contribution is 2.17. The molecule has 94 valence electrons. The van der Waals surface area contributed by atoms with Crippen LogP contribution in [0, 0.1) is 6.92 Å². The van der Waals surface area contributed by atoms with E-state index in [0.717, 1.165) is 0 Å². The Morgan fingerprint density at radius 2 is 2.24 bits per heavy atom. The lowest BCUT2D eigenvalue weighted by Crippen LogP contribution is -2.38. The number of sulfone groups is 1. The van der Waals surface area contributed by atoms with Crippen LogP contribution in [0.4, 0.5) is 0 Å². The molecule has 1 unspecified atom stereocenters. The van der Waals surface area contributed by atoms with Gasteiger partial charge in [-0.25, -0.2) is 13.4 Å². The number of aromatic nitrogens is 3. The number of hydrogen-bond donors (Lipinski definition) is 1. The number of nitrogens with zero attached hydrogens (tertiary/aromatic N) is 3. The SMILES string of the molecule is Cc1nc(C(=O)N(C)C2CCS(=O)(=O)C2)n[nH]1. The highest BCUT2D eigenvalue weighted by atomic mass is 32.2. The molecule has 1 N–H and O–H groups in total. The van der Waals surface area contributed by atoms with E-state index in [-0.39, 0.29) is 29.3 Å². The largest absolute Gasteiger partial charge is 0.335 e. The zero-order chi connectivity index (χ0) is 12.6. The molecule has 1 aliphatic rings. The standard InChI is InChI=1S/C9H14N4O3S/c1-6-10-8(12-11-6)9(14)13(2)7-3-4-17(15,16)5-7/h7H,3-5H2,1-2H3,(H,10,11,12). The molecule has 0 aliphatic carbocycles. The molecule has 17 heavy (non-hydrogen) atoms. The molecule has 1 aliphatic heterocycles. The lowest BCUT2D eigenvalue weighted by atomic mass is 10.2. The molecule has 2 heterocycles. The summed E-state index contributed by atoms with van der Waals surface area (Å²) in [6, 6.07) is -0.272. The molecule has 1 fully saturated rings. The van der Waals surface area contributed by atoms with Crippen molar-refractivity contribution in [2.45, 2.75) is 19.4 Å². The van der Waals surface area contributed by atoms with Crippen LogP contribution in [0.1, 0.15) is 22.9 Å². The third-order valence-corrected chi connectivity index (χ3v) is 4.62. The number of aromatic amines is 1. The molecule has 1 aromatic heterocycles. The van der Waals surface area contributed by atoms with E-state index in [2.05, 4.69) is 15.2 Å². The fraction of sp³-hybridized carbons (Fsp3) is 0.667. The lowest BCUT2D eigenvalue weighted by molar-refractivity contribution is 0.0735. The van der Waals surface area contributed by atoms with Gasteiger partial charge >= 0.3 is 0 Å². The van der Waals surface area contributed by atoms with E-state index in [1.165, 1.54) is 4.90 Å². The van der Waals surface area contributed by atoms with Crippen molar-refractivity contribution in [3.05, 3.63) is 11.6 Å². The van der Waals surface area contributed by atoms with Crippen LogP contribution in [0.15, 0.2) is 0 Å². The predicted molar refractivity (Wildman–Crippen MR) is 60.3 cm³/mol. The second kappa shape index (κ2) is 4.10. The lowest BCUT2D eigenvalue weighted by Gasteiger charge is -2.21. The molecule has 1 amide bonds. The second-order valence-electron chi connectivity index (χ2n) is 4.22. The van der Waals surface area contributed by atoms with Gasteiger partial charge in [0.2, 0.25) is 5.82 Å². The predicted octanol–water partition coefficient (Wildman–Crippen LogP) is -0.628. The molecule has 1 atom stereocenters. The summed E-state index contributed by atoms with van der Waals surface area (Å²) in [5.41, 5.74) is 0. The summed E-state index contributed by atoms with van der Waals surface area (Å²) in [7, 11) is -1.41. The minimum atomic E-state index is -2.99. The molecule has 1 saturated heterocycles. The average Bonchev–Trinajstić information content (AvgIpc) is 2.82. The van der Waals surface area contributed by atoms with Gasteiger partial charge in [-0.05, 0) is 13.3 Å². The number of aryl methyl sites for hydroxylation is 1. The minimum Gasteiger partial charge on any atom is -0.335 e. The van der Waals surface area contributed by atoms with Crippen LogP contribution in [0.3, 0.4) is 0 Å². The first-order chi connectivity index (χ1) is 7.89. The number of nitrogens with one attached hydrogen (secondary N) is 1. The Morgan fingerprint density at radius 3 is 2.71 bits per heavy atom. The molecule has 0 bridgehead atoms. The first-order valence-electron chi connectivity index (χ1n) is 5.25. The Kier molecular flexibility index (Phi) is 2.90. The summed E-state index contributed by atoms with van der Waals surface area (Å²) in [6.45, 7) is 1.70. The van der Waals surface area contributed by atoms with E-state index >= 15 is 0 Å². The van der Waals surface area contributed by atoms with Crippen molar-refractivity contribution >= 4 is 15.7 Å². The molecule has 0 aromatic carbocycles. The number of carbonyl (C=O) groups is 1. The Morgan fingerprint density at radius 1 is 1.53 bits per heavy atom. The highest BCUT2D eigenvalue weighted by Gasteiger charge is 2.33. The number of carbonyl (C=O) groups excluding carboxylic acids is 1. The summed E-state index contributed by atoms with van der Waals surface area (Å²) in [4.78, 5) is 17.3. The quantitative estimate of drug-likeness (QED) is 0.762. The zero-order valence-electron chi connectivity index (χ0n) is 9.67. The first kappa shape index (κ1) is 12.0. The second-order valence-corrected chi connectivity index (χ2v) is 6.45. The van der Waals surface area contributed by atoms with E-state index in [9.17, 15) is 13.2 Å². The van der Waals surface area contributed by atoms with Crippen LogP contribution in [0.2, 0.25) is 0 Å². The van der Waals surface area contributed by atoms with E-state index in [0.29, 0.717) is 12.2 Å². The summed E-state index contributed by atoms with van der Waals surface area (Å²) >= 11 is 0. The van der Waals surface area contributed by atoms with Crippen molar-refractivity contribution in [2.75, 3.05) is 18.6 Å². The molecular formula is C9H14N4O3S. The van der Waals surface area contributed by atoms with Gasteiger partial charge in [-0.2, -0.15) is 0 Å². The maximum atomic E-state index is 11.9. The average molecular weight is 258 g/mol. The summed E-state index contributed by atoms with van der Waals surface area (Å²) < 4.78 is 22.7. The Hall–Kier alpha value is -1.44. The summed E-state index contributed by atoms with van der Waals surface area (Å²) in [5.74, 6) is 0.451. The first-order valence-corrected chi connectivity index (χ1v) is 7.08. The van der Waals surface area contributed by atoms with Gasteiger partial charge in [-0.1, -0.05) is 0 Å². The molecule has 1 aromatic rings. The van der Waals surface area contributed by atoms with Crippen molar-refractivity contribution < 1.29 is 13.2 Å². The molecule has 0 radical (unpaired) electrons. The van der Waals surface area contributed by atoms with Crippen LogP contribution < -0.4 is 0 Å². The number of amides is 1. The third kappa shape index (κ3) is 2.46. The zero-order valence-corrected chi connectivity index (χ0v) is 10.5. The minimum absolute atomic E-state index is 0.0264. The van der Waals surface area contributed by atoms with Crippen LogP contribution in [-0.2, 0) is 9.84 Å². The van der Waals surface area contributed by atoms with E-state index in [4.69, 9.17) is 0 Å². The Bertz CT molecular complexity index is 536. The smallest absolute Gasteiger partial charge is 0.293 e. The topological polar surface area (TPSA) is 96.0 Å². The monoisotopic (exact) mass is 258 g/mol. The van der Waals surface area contributed by atoms with Crippen molar-refractivity contribution in [3.63, 3.8) is 0 Å². The molecule has 0 spiro atoms. The van der Waals surface area contributed by atoms with Gasteiger partial charge in [0.25, 0.3) is 5.91 Å². The summed E-state index contributed by atoms with van der Waals surface area (Å²) in [5, 5.41) is 6.35. The van der Waals surface area contributed by atoms with Gasteiger partial charge in [0.05, 0.1) is 11.5 Å². The molecule has 2 rings (SSSR count). The maximum Gasteiger partial charge on any atom is 0.293 e. The normalized spacial score (nSPS) is 22.6. The molecular weight excluding hydrogens is 244 g/mol. The fourth-order valence-corrected chi connectivity index (χ4v) is 3.62. The van der Waals surface area contributed by atoms with Crippen molar-refractivity contribution in [3.8, 4) is 0 Å². The van der Waals surface area contributed by atoms with Crippen LogP contribution >= 0.6 is 0 Å². The van der Waals surface area contributed by atoms with E-state index in [1.54, 1.807) is 14.0 Å². The van der Waals surface area contributed by atoms with Gasteiger partial charge in [-0.3, -0.25) is 9.89 Å². The van der Waals surface area contributed by atoms with Crippen molar-refractivity contribution in [2.24, 2.45) is 0 Å². The van der Waals surface area contributed by atoms with Gasteiger partial charge in [0.15, 0.2) is 9.84 Å². The van der Waals surface area contributed by atoms with Gasteiger partial charge < -0.3 is 4.90 Å². The summed E-state index contributed by atoms with van der Waals surface area (Å²) in [6.07, 6.45) is 0.480. The van der Waals surface area contributed by atoms with Crippen molar-refractivity contribution in [1.82, 2.24) is 20.1 Å². The maximum absolute atomic E-state index is 11.9. The Labute approximate surface area is 99.1 Å².